The second kappa shape index (κ2) is 2.80. The van der Waals surface area contributed by atoms with Crippen LogP contribution in [0.5, 0.6) is 0 Å². The van der Waals surface area contributed by atoms with Gasteiger partial charge in [0, 0.05) is 12.6 Å². The summed E-state index contributed by atoms with van der Waals surface area (Å²) in [5, 5.41) is 3.22. The summed E-state index contributed by atoms with van der Waals surface area (Å²) in [6.07, 6.45) is 2.22. The summed E-state index contributed by atoms with van der Waals surface area (Å²) < 4.78 is 0. The van der Waals surface area contributed by atoms with Crippen molar-refractivity contribution in [3.05, 3.63) is 4.91 Å². The Bertz CT molecular complexity index is 193. The van der Waals surface area contributed by atoms with Crippen molar-refractivity contribution in [1.82, 2.24) is 4.90 Å². The summed E-state index contributed by atoms with van der Waals surface area (Å²) in [5.41, 5.74) is 0. The number of rotatable bonds is 3. The van der Waals surface area contributed by atoms with E-state index in [2.05, 4.69) is 24.0 Å². The maximum Gasteiger partial charge on any atom is 0.107 e. The first-order valence-electron chi connectivity index (χ1n) is 4.80. The Kier molecular flexibility index (Phi) is 1.91. The molecular weight excluding hydrogens is 152 g/mol. The molecule has 2 rings (SSSR count). The Balaban J connectivity index is 2.05. The predicted molar refractivity (Wildman–Crippen MR) is 47.9 cm³/mol. The highest BCUT2D eigenvalue weighted by atomic mass is 16.3. The maximum atomic E-state index is 10.6. The fourth-order valence-electron chi connectivity index (χ4n) is 2.68. The van der Waals surface area contributed by atoms with Gasteiger partial charge in [-0.3, -0.25) is 0 Å². The summed E-state index contributed by atoms with van der Waals surface area (Å²) in [4.78, 5) is 12.9. The van der Waals surface area contributed by atoms with E-state index in [9.17, 15) is 4.91 Å². The molecule has 0 aromatic rings. The number of fused-ring (bicyclic) bond motifs is 1. The number of nitrogens with zero attached hydrogens (tertiary/aromatic N) is 2. The average Bonchev–Trinajstić information content (AvgIpc) is 2.72. The summed E-state index contributed by atoms with van der Waals surface area (Å²) in [6, 6.07) is 0.491. The molecule has 0 spiro atoms. The van der Waals surface area contributed by atoms with Gasteiger partial charge in [0.1, 0.15) is 6.04 Å². The lowest BCUT2D eigenvalue weighted by Gasteiger charge is -2.25. The van der Waals surface area contributed by atoms with Gasteiger partial charge >= 0.3 is 0 Å². The molecule has 12 heavy (non-hydrogen) atoms. The van der Waals surface area contributed by atoms with Gasteiger partial charge in [0.25, 0.3) is 0 Å². The van der Waals surface area contributed by atoms with E-state index in [1.165, 1.54) is 13.0 Å². The Morgan fingerprint density at radius 1 is 1.67 bits per heavy atom. The monoisotopic (exact) mass is 168 g/mol. The molecule has 1 heterocycles. The van der Waals surface area contributed by atoms with E-state index >= 15 is 0 Å². The summed E-state index contributed by atoms with van der Waals surface area (Å²) in [5.74, 6) is 1.67. The molecule has 0 aromatic heterocycles. The van der Waals surface area contributed by atoms with Crippen LogP contribution in [0.25, 0.3) is 0 Å². The largest absolute Gasteiger partial charge is 0.301 e. The van der Waals surface area contributed by atoms with Crippen molar-refractivity contribution in [1.29, 1.82) is 0 Å². The van der Waals surface area contributed by atoms with E-state index in [0.29, 0.717) is 6.04 Å². The standard InChI is InChI=1S/C9H16N2O/c1-3-8(10-12)9-7-4-6(7)5-11(9)2/h6-9H,3-5H2,1-2H3. The van der Waals surface area contributed by atoms with Crippen LogP contribution in [-0.2, 0) is 0 Å². The van der Waals surface area contributed by atoms with Gasteiger partial charge in [-0.15, -0.1) is 0 Å². The zero-order valence-electron chi connectivity index (χ0n) is 7.73. The number of hydrogen-bond acceptors (Lipinski definition) is 3. The van der Waals surface area contributed by atoms with E-state index in [0.717, 1.165) is 18.3 Å². The smallest absolute Gasteiger partial charge is 0.107 e. The molecule has 4 unspecified atom stereocenters. The first-order chi connectivity index (χ1) is 5.77. The molecule has 2 fully saturated rings. The Hall–Kier alpha value is -0.440. The topological polar surface area (TPSA) is 32.7 Å². The molecule has 4 atom stereocenters. The summed E-state index contributed by atoms with van der Waals surface area (Å²) in [6.45, 7) is 3.23. The van der Waals surface area contributed by atoms with Gasteiger partial charge in [-0.2, -0.15) is 4.91 Å². The number of likely N-dealkylation sites (N-methyl/N-ethyl adjacent to an activating group) is 1. The van der Waals surface area contributed by atoms with Gasteiger partial charge in [0.15, 0.2) is 0 Å². The van der Waals surface area contributed by atoms with Gasteiger partial charge in [0.05, 0.1) is 0 Å². The quantitative estimate of drug-likeness (QED) is 0.598. The highest BCUT2D eigenvalue weighted by Crippen LogP contribution is 2.50. The van der Waals surface area contributed by atoms with Crippen LogP contribution >= 0.6 is 0 Å². The number of nitroso groups, excluding NO2 is 1. The van der Waals surface area contributed by atoms with Crippen molar-refractivity contribution >= 4 is 0 Å². The highest BCUT2D eigenvalue weighted by Gasteiger charge is 2.53. The van der Waals surface area contributed by atoms with Crippen molar-refractivity contribution in [2.75, 3.05) is 13.6 Å². The minimum Gasteiger partial charge on any atom is -0.301 e. The lowest BCUT2D eigenvalue weighted by molar-refractivity contribution is 0.231. The minimum atomic E-state index is 0.0347. The Labute approximate surface area is 73.1 Å². The molecule has 2 aliphatic rings. The first kappa shape index (κ1) is 8.17. The third kappa shape index (κ3) is 1.07. The molecule has 3 heteroatoms. The summed E-state index contributed by atoms with van der Waals surface area (Å²) in [7, 11) is 2.12. The number of piperidine rings is 1. The maximum absolute atomic E-state index is 10.6. The molecule has 0 bridgehead atoms. The van der Waals surface area contributed by atoms with Gasteiger partial charge < -0.3 is 4.90 Å². The molecule has 0 aromatic carbocycles. The molecule has 1 aliphatic heterocycles. The average molecular weight is 168 g/mol. The molecule has 0 radical (unpaired) electrons. The second-order valence-electron chi connectivity index (χ2n) is 4.17. The van der Waals surface area contributed by atoms with Crippen LogP contribution in [0.3, 0.4) is 0 Å². The van der Waals surface area contributed by atoms with Crippen molar-refractivity contribution in [3.8, 4) is 0 Å². The van der Waals surface area contributed by atoms with Crippen molar-refractivity contribution < 1.29 is 0 Å². The highest BCUT2D eigenvalue weighted by molar-refractivity contribution is 5.06. The summed E-state index contributed by atoms with van der Waals surface area (Å²) >= 11 is 0. The first-order valence-corrected chi connectivity index (χ1v) is 4.80. The molecule has 0 N–H and O–H groups in total. The van der Waals surface area contributed by atoms with Crippen LogP contribution in [0.1, 0.15) is 19.8 Å². The number of likely N-dealkylation sites (tertiary alicyclic amines) is 1. The van der Waals surface area contributed by atoms with Gasteiger partial charge in [-0.1, -0.05) is 12.1 Å². The molecule has 68 valence electrons. The SMILES string of the molecule is CCC(N=O)C1C2CC2CN1C. The van der Waals surface area contributed by atoms with Crippen molar-refractivity contribution in [2.45, 2.75) is 31.8 Å². The predicted octanol–water partition coefficient (Wildman–Crippen LogP) is 1.48. The van der Waals surface area contributed by atoms with Gasteiger partial charge in [-0.25, -0.2) is 0 Å². The molecule has 1 saturated carbocycles. The third-order valence-corrected chi connectivity index (χ3v) is 3.40. The Morgan fingerprint density at radius 3 is 2.83 bits per heavy atom. The van der Waals surface area contributed by atoms with E-state index < -0.39 is 0 Å². The molecule has 1 aliphatic carbocycles. The lowest BCUT2D eigenvalue weighted by atomic mass is 10.0. The second-order valence-corrected chi connectivity index (χ2v) is 4.17. The molecular formula is C9H16N2O. The van der Waals surface area contributed by atoms with Crippen LogP contribution in [0.4, 0.5) is 0 Å². The van der Waals surface area contributed by atoms with Crippen molar-refractivity contribution in [3.63, 3.8) is 0 Å². The minimum absolute atomic E-state index is 0.0347. The van der Waals surface area contributed by atoms with Crippen LogP contribution in [0.2, 0.25) is 0 Å². The molecule has 3 nitrogen and oxygen atoms in total. The normalized spacial score (nSPS) is 42.3. The molecule has 0 amide bonds. The van der Waals surface area contributed by atoms with Crippen molar-refractivity contribution in [2.24, 2.45) is 17.0 Å². The van der Waals surface area contributed by atoms with Crippen LogP contribution < -0.4 is 0 Å². The fraction of sp³-hybridized carbons (Fsp3) is 1.00. The van der Waals surface area contributed by atoms with Gasteiger partial charge in [0.2, 0.25) is 0 Å². The fourth-order valence-corrected chi connectivity index (χ4v) is 2.68. The zero-order valence-corrected chi connectivity index (χ0v) is 7.73. The third-order valence-electron chi connectivity index (χ3n) is 3.40. The van der Waals surface area contributed by atoms with Crippen LogP contribution in [-0.4, -0.2) is 30.6 Å². The van der Waals surface area contributed by atoms with E-state index in [4.69, 9.17) is 0 Å². The van der Waals surface area contributed by atoms with E-state index in [1.54, 1.807) is 0 Å². The Morgan fingerprint density at radius 2 is 2.42 bits per heavy atom. The number of hydrogen-bond donors (Lipinski definition) is 0. The van der Waals surface area contributed by atoms with Crippen LogP contribution in [0.15, 0.2) is 5.18 Å². The van der Waals surface area contributed by atoms with E-state index in [1.807, 2.05) is 0 Å². The van der Waals surface area contributed by atoms with Crippen LogP contribution in [0, 0.1) is 16.7 Å². The zero-order chi connectivity index (χ0) is 8.72. The molecule has 1 saturated heterocycles. The van der Waals surface area contributed by atoms with Gasteiger partial charge in [-0.05, 0) is 31.7 Å². The van der Waals surface area contributed by atoms with E-state index in [-0.39, 0.29) is 6.04 Å². The lowest BCUT2D eigenvalue weighted by Crippen LogP contribution is -2.38.